The predicted octanol–water partition coefficient (Wildman–Crippen LogP) is 14.3. The first-order valence-corrected chi connectivity index (χ1v) is 35.7. The van der Waals surface area contributed by atoms with E-state index in [-0.39, 0.29) is 161 Å². The first-order chi connectivity index (χ1) is 51.1. The molecule has 0 aromatic heterocycles. The lowest BCUT2D eigenvalue weighted by atomic mass is 10.0. The number of alkyl halides is 1. The number of halogens is 1. The summed E-state index contributed by atoms with van der Waals surface area (Å²) in [7, 11) is 0. The number of amides is 8. The third kappa shape index (κ3) is 18.7. The SMILES string of the molecule is Cc1cc2c(O)c(c1)C(=O)Nc1cc(c(C)cc1C)NC(=O)c1cc(C)cc3c1OCCOCC(COCCOC(=O)C(C)(C)Br)COCCOc1c(cc(C)cc1C(=O)Nc1cc(c(C)cc1C)NC(=O)c1cc(C)cc(c1O)C(=O)Nc1cc(c(C)cc1C)NC3=O)C(=O)Nc1cc(c(C)cc1C)NC2=O. The van der Waals surface area contributed by atoms with Crippen LogP contribution < -0.4 is 52.0 Å². The van der Waals surface area contributed by atoms with Crippen molar-refractivity contribution in [2.45, 2.75) is 101 Å². The molecule has 8 aromatic rings. The molecule has 8 aromatic carbocycles. The number of rotatable bonds is 6. The zero-order valence-electron chi connectivity index (χ0n) is 62.6. The fourth-order valence-corrected chi connectivity index (χ4v) is 12.6. The zero-order chi connectivity index (χ0) is 78.3. The first-order valence-electron chi connectivity index (χ1n) is 34.9. The number of fused-ring (bicyclic) bond motifs is 22. The van der Waals surface area contributed by atoms with Crippen molar-refractivity contribution in [1.82, 2.24) is 0 Å². The summed E-state index contributed by atoms with van der Waals surface area (Å²) in [6.07, 6.45) is 0. The summed E-state index contributed by atoms with van der Waals surface area (Å²) in [5.74, 6) is -8.75. The van der Waals surface area contributed by atoms with E-state index in [0.29, 0.717) is 66.8 Å². The second-order valence-electron chi connectivity index (χ2n) is 27.8. The number of nitrogens with one attached hydrogen (secondary N) is 8. The highest BCUT2D eigenvalue weighted by Gasteiger charge is 2.31. The fraction of sp³-hybridized carbons (Fsp3) is 0.305. The molecule has 25 nitrogen and oxygen atoms in total. The largest absolute Gasteiger partial charge is 0.506 e. The number of hydrogen-bond donors (Lipinski definition) is 10. The number of anilines is 8. The van der Waals surface area contributed by atoms with Crippen LogP contribution in [-0.4, -0.2) is 127 Å². The molecule has 8 amide bonds. The molecule has 0 fully saturated rings. The van der Waals surface area contributed by atoms with Gasteiger partial charge in [0.25, 0.3) is 47.3 Å². The zero-order valence-corrected chi connectivity index (χ0v) is 64.2. The summed E-state index contributed by atoms with van der Waals surface area (Å²) >= 11 is 3.32. The van der Waals surface area contributed by atoms with E-state index >= 15 is 19.2 Å². The Morgan fingerprint density at radius 3 is 0.843 bits per heavy atom. The number of benzene rings is 8. The van der Waals surface area contributed by atoms with Gasteiger partial charge in [-0.2, -0.15) is 0 Å². The number of carbonyl (C=O) groups is 9. The molecule has 26 heteroatoms. The number of aromatic hydroxyl groups is 2. The van der Waals surface area contributed by atoms with Gasteiger partial charge < -0.3 is 81.2 Å². The molecule has 564 valence electrons. The summed E-state index contributed by atoms with van der Waals surface area (Å²) in [6.45, 7) is 23.1. The van der Waals surface area contributed by atoms with E-state index < -0.39 is 75.0 Å². The van der Waals surface area contributed by atoms with Crippen LogP contribution in [0.15, 0.2) is 97.1 Å². The van der Waals surface area contributed by atoms with E-state index in [0.717, 1.165) is 0 Å². The van der Waals surface area contributed by atoms with Crippen LogP contribution in [0.3, 0.4) is 0 Å². The molecule has 10 rings (SSSR count). The van der Waals surface area contributed by atoms with E-state index in [2.05, 4.69) is 58.5 Å². The highest BCUT2D eigenvalue weighted by atomic mass is 79.9. The average molecular weight is 1540 g/mol. The minimum atomic E-state index is -0.941. The molecule has 0 aliphatic carbocycles. The number of ether oxygens (including phenoxy) is 6. The molecule has 0 atom stereocenters. The fourth-order valence-electron chi connectivity index (χ4n) is 12.5. The monoisotopic (exact) mass is 1530 g/mol. The van der Waals surface area contributed by atoms with Gasteiger partial charge in [-0.3, -0.25) is 43.2 Å². The molecular weight excluding hydrogens is 1450 g/mol. The van der Waals surface area contributed by atoms with Gasteiger partial charge in [0, 0.05) is 51.4 Å². The lowest BCUT2D eigenvalue weighted by Gasteiger charge is -2.21. The van der Waals surface area contributed by atoms with Gasteiger partial charge in [-0.25, -0.2) is 0 Å². The Bertz CT molecular complexity index is 4450. The molecular formula is C82H87BrN8O17. The van der Waals surface area contributed by atoms with Crippen molar-refractivity contribution in [2.75, 3.05) is 102 Å². The topological polar surface area (TPSA) is 346 Å². The van der Waals surface area contributed by atoms with E-state index in [9.17, 15) is 34.2 Å². The molecule has 108 heavy (non-hydrogen) atoms. The Morgan fingerprint density at radius 2 is 0.602 bits per heavy atom. The van der Waals surface area contributed by atoms with Crippen LogP contribution >= 0.6 is 15.9 Å². The van der Waals surface area contributed by atoms with Crippen molar-refractivity contribution in [1.29, 1.82) is 0 Å². The minimum absolute atomic E-state index is 0.00679. The third-order valence-corrected chi connectivity index (χ3v) is 18.5. The van der Waals surface area contributed by atoms with E-state index in [1.165, 1.54) is 72.8 Å². The molecule has 10 N–H and O–H groups in total. The van der Waals surface area contributed by atoms with Crippen LogP contribution in [0.2, 0.25) is 0 Å². The van der Waals surface area contributed by atoms with Gasteiger partial charge >= 0.3 is 5.97 Å². The summed E-state index contributed by atoms with van der Waals surface area (Å²) in [4.78, 5) is 131. The highest BCUT2D eigenvalue weighted by Crippen LogP contribution is 2.38. The lowest BCUT2D eigenvalue weighted by molar-refractivity contribution is -0.147. The van der Waals surface area contributed by atoms with Gasteiger partial charge in [-0.1, -0.05) is 40.2 Å². The average Bonchev–Trinajstić information content (AvgIpc) is 0.786. The van der Waals surface area contributed by atoms with Gasteiger partial charge in [0.2, 0.25) is 0 Å². The Hall–Kier alpha value is -11.5. The van der Waals surface area contributed by atoms with Gasteiger partial charge in [-0.15, -0.1) is 0 Å². The van der Waals surface area contributed by atoms with Crippen molar-refractivity contribution in [2.24, 2.45) is 5.92 Å². The number of hydrogen-bond acceptors (Lipinski definition) is 17. The normalized spacial score (nSPS) is 14.7. The Balaban J connectivity index is 1.12. The molecule has 0 saturated heterocycles. The van der Waals surface area contributed by atoms with Gasteiger partial charge in [0.05, 0.1) is 84.1 Å². The Labute approximate surface area is 633 Å². The second kappa shape index (κ2) is 33.6. The predicted molar refractivity (Wildman–Crippen MR) is 416 cm³/mol. The van der Waals surface area contributed by atoms with E-state index in [1.807, 2.05) is 0 Å². The van der Waals surface area contributed by atoms with Crippen molar-refractivity contribution < 1.29 is 81.8 Å². The Morgan fingerprint density at radius 1 is 0.370 bits per heavy atom. The highest BCUT2D eigenvalue weighted by molar-refractivity contribution is 9.10. The van der Waals surface area contributed by atoms with E-state index in [1.54, 1.807) is 121 Å². The number of phenolic OH excluding ortho intramolecular Hbond substituents is 2. The number of aryl methyl sites for hydroxylation is 12. The van der Waals surface area contributed by atoms with Crippen LogP contribution in [-0.2, 0) is 23.7 Å². The molecule has 0 spiro atoms. The van der Waals surface area contributed by atoms with Crippen LogP contribution in [0.5, 0.6) is 23.0 Å². The molecule has 0 unspecified atom stereocenters. The van der Waals surface area contributed by atoms with Crippen LogP contribution in [0.25, 0.3) is 0 Å². The first kappa shape index (κ1) is 79.1. The molecule has 2 aliphatic rings. The Kier molecular flexibility index (Phi) is 24.6. The number of esters is 1. The lowest BCUT2D eigenvalue weighted by Crippen LogP contribution is -2.29. The summed E-state index contributed by atoms with van der Waals surface area (Å²) in [6, 6.07) is 24.9. The number of phenols is 2. The maximum absolute atomic E-state index is 15.1. The van der Waals surface area contributed by atoms with Crippen LogP contribution in [0.4, 0.5) is 45.5 Å². The smallest absolute Gasteiger partial charge is 0.322 e. The summed E-state index contributed by atoms with van der Waals surface area (Å²) < 4.78 is 36.0. The van der Waals surface area contributed by atoms with Gasteiger partial charge in [0.1, 0.15) is 47.1 Å². The maximum Gasteiger partial charge on any atom is 0.322 e. The second-order valence-corrected chi connectivity index (χ2v) is 29.7. The quantitative estimate of drug-likeness (QED) is 0.0420. The van der Waals surface area contributed by atoms with Crippen molar-refractivity contribution >= 4 is 115 Å². The van der Waals surface area contributed by atoms with Gasteiger partial charge in [-0.05, 0) is 236 Å². The summed E-state index contributed by atoms with van der Waals surface area (Å²) in [5.41, 5.74) is 6.79. The van der Waals surface area contributed by atoms with Crippen LogP contribution in [0.1, 0.15) is 163 Å². The standard InChI is InChI=1S/C82H87BrN8O17/c1-40-21-53-69(92)54(22-40)74(95)85-62-34-66(49(10)30-45(62)6)89-78(99)58-26-43(4)28-60-72(58)107-19-16-104-38-52(39-105-17-20-108-81(102)82(13,14)83)37-103-15-18-106-71-57(77(98)88-65-33-61(84-73(53)94)44(5)29-48(65)9)25-42(3)27-59(71)79(100)90-67-35-63(46(7)31-50(67)11)86-75(96)55-23-41(2)24-56(70(55)93)76(97)87-64-36-68(91-80(60)101)51(12)32-47(64)8/h21-36,52,92-93H,15-20,37-39H2,1-14H3,(H,84,94)(H,85,95)(H,86,96)(H,87,97)(H,88,98)(H,89,99)(H,90,100)(H,91,101). The van der Waals surface area contributed by atoms with Crippen molar-refractivity contribution in [3.8, 4) is 23.0 Å². The van der Waals surface area contributed by atoms with Crippen LogP contribution in [0, 0.1) is 89.0 Å². The molecule has 2 aliphatic heterocycles. The molecule has 14 bridgehead atoms. The minimum Gasteiger partial charge on any atom is -0.506 e. The van der Waals surface area contributed by atoms with Gasteiger partial charge in [0.15, 0.2) is 0 Å². The molecule has 0 saturated carbocycles. The third-order valence-electron chi connectivity index (χ3n) is 18.2. The summed E-state index contributed by atoms with van der Waals surface area (Å²) in [5, 5.41) is 47.0. The van der Waals surface area contributed by atoms with Crippen molar-refractivity contribution in [3.63, 3.8) is 0 Å². The molecule has 0 radical (unpaired) electrons. The maximum atomic E-state index is 15.1. The van der Waals surface area contributed by atoms with Crippen molar-refractivity contribution in [3.05, 3.63) is 208 Å². The number of carbonyl (C=O) groups excluding carboxylic acids is 9. The molecule has 2 heterocycles. The van der Waals surface area contributed by atoms with E-state index in [4.69, 9.17) is 28.4 Å².